The molecule has 1 aromatic carbocycles. The van der Waals surface area contributed by atoms with Crippen LogP contribution in [0.3, 0.4) is 0 Å². The molecule has 4 aromatic rings. The van der Waals surface area contributed by atoms with Crippen LogP contribution in [0, 0.1) is 0 Å². The SMILES string of the molecule is O=C(Cc1csc(-c2cccs2)n1)Nc1nc2c(s1)CN(Cc1ccccc1)CC2. The predicted molar refractivity (Wildman–Crippen MR) is 124 cm³/mol. The summed E-state index contributed by atoms with van der Waals surface area (Å²) < 4.78 is 0. The predicted octanol–water partition coefficient (Wildman–Crippen LogP) is 5.07. The molecule has 1 N–H and O–H groups in total. The number of nitrogens with zero attached hydrogens (tertiary/aromatic N) is 3. The second kappa shape index (κ2) is 8.77. The molecule has 0 fully saturated rings. The number of thiazole rings is 2. The summed E-state index contributed by atoms with van der Waals surface area (Å²) in [7, 11) is 0. The minimum Gasteiger partial charge on any atom is -0.302 e. The van der Waals surface area contributed by atoms with Gasteiger partial charge in [-0.15, -0.1) is 34.0 Å². The Balaban J connectivity index is 1.19. The Hall–Kier alpha value is -2.39. The molecule has 4 heterocycles. The molecule has 0 saturated heterocycles. The van der Waals surface area contributed by atoms with Gasteiger partial charge in [-0.1, -0.05) is 36.4 Å². The highest BCUT2D eigenvalue weighted by molar-refractivity contribution is 7.20. The Morgan fingerprint density at radius 3 is 2.83 bits per heavy atom. The summed E-state index contributed by atoms with van der Waals surface area (Å²) >= 11 is 4.83. The smallest absolute Gasteiger partial charge is 0.232 e. The average Bonchev–Trinajstić information content (AvgIpc) is 3.49. The number of hydrogen-bond donors (Lipinski definition) is 1. The molecule has 1 amide bonds. The molecule has 0 atom stereocenters. The summed E-state index contributed by atoms with van der Waals surface area (Å²) in [6.45, 7) is 2.81. The fraction of sp³-hybridized carbons (Fsp3) is 0.227. The van der Waals surface area contributed by atoms with Crippen molar-refractivity contribution in [2.75, 3.05) is 11.9 Å². The topological polar surface area (TPSA) is 58.1 Å². The fourth-order valence-electron chi connectivity index (χ4n) is 3.51. The lowest BCUT2D eigenvalue weighted by Gasteiger charge is -2.25. The van der Waals surface area contributed by atoms with Gasteiger partial charge in [0.15, 0.2) is 5.13 Å². The van der Waals surface area contributed by atoms with E-state index in [1.54, 1.807) is 34.0 Å². The molecule has 5 rings (SSSR count). The van der Waals surface area contributed by atoms with Crippen LogP contribution in [0.25, 0.3) is 9.88 Å². The monoisotopic (exact) mass is 452 g/mol. The molecule has 30 heavy (non-hydrogen) atoms. The van der Waals surface area contributed by atoms with Gasteiger partial charge in [0.2, 0.25) is 5.91 Å². The summed E-state index contributed by atoms with van der Waals surface area (Å²) in [5.41, 5.74) is 3.24. The van der Waals surface area contributed by atoms with Crippen LogP contribution < -0.4 is 5.32 Å². The van der Waals surface area contributed by atoms with Crippen molar-refractivity contribution in [2.24, 2.45) is 0 Å². The van der Waals surface area contributed by atoms with Crippen molar-refractivity contribution in [1.29, 1.82) is 0 Å². The molecule has 0 unspecified atom stereocenters. The molecule has 8 heteroatoms. The molecule has 0 radical (unpaired) electrons. The minimum atomic E-state index is -0.0646. The minimum absolute atomic E-state index is 0.0646. The van der Waals surface area contributed by atoms with E-state index in [2.05, 4.69) is 50.5 Å². The Bertz CT molecular complexity index is 1130. The molecule has 0 aliphatic carbocycles. The third kappa shape index (κ3) is 4.52. The number of thiophene rings is 1. The summed E-state index contributed by atoms with van der Waals surface area (Å²) in [6, 6.07) is 14.6. The van der Waals surface area contributed by atoms with Gasteiger partial charge in [-0.3, -0.25) is 9.69 Å². The third-order valence-corrected chi connectivity index (χ3v) is 7.86. The van der Waals surface area contributed by atoms with Gasteiger partial charge < -0.3 is 5.32 Å². The van der Waals surface area contributed by atoms with Crippen molar-refractivity contribution < 1.29 is 4.79 Å². The van der Waals surface area contributed by atoms with E-state index in [-0.39, 0.29) is 12.3 Å². The van der Waals surface area contributed by atoms with E-state index in [0.717, 1.165) is 47.3 Å². The van der Waals surface area contributed by atoms with Gasteiger partial charge >= 0.3 is 0 Å². The first-order chi connectivity index (χ1) is 14.7. The number of carbonyl (C=O) groups is 1. The Labute approximate surface area is 187 Å². The second-order valence-corrected chi connectivity index (χ2v) is 10.1. The van der Waals surface area contributed by atoms with Crippen LogP contribution in [0.1, 0.15) is 21.8 Å². The summed E-state index contributed by atoms with van der Waals surface area (Å²) in [5.74, 6) is -0.0646. The lowest BCUT2D eigenvalue weighted by Crippen LogP contribution is -2.29. The zero-order valence-electron chi connectivity index (χ0n) is 16.2. The van der Waals surface area contributed by atoms with Crippen LogP contribution >= 0.6 is 34.0 Å². The number of benzene rings is 1. The van der Waals surface area contributed by atoms with Crippen molar-refractivity contribution in [3.63, 3.8) is 0 Å². The van der Waals surface area contributed by atoms with Crippen LogP contribution in [0.5, 0.6) is 0 Å². The summed E-state index contributed by atoms with van der Waals surface area (Å²) in [5, 5.41) is 8.63. The van der Waals surface area contributed by atoms with E-state index in [0.29, 0.717) is 5.13 Å². The third-order valence-electron chi connectivity index (χ3n) is 4.93. The van der Waals surface area contributed by atoms with E-state index in [1.807, 2.05) is 22.9 Å². The van der Waals surface area contributed by atoms with E-state index >= 15 is 0 Å². The number of amides is 1. The fourth-order valence-corrected chi connectivity index (χ4v) is 6.21. The number of hydrogen-bond acceptors (Lipinski definition) is 7. The zero-order chi connectivity index (χ0) is 20.3. The maximum atomic E-state index is 12.5. The molecule has 0 bridgehead atoms. The van der Waals surface area contributed by atoms with Gasteiger partial charge in [-0.2, -0.15) is 0 Å². The first-order valence-corrected chi connectivity index (χ1v) is 12.3. The maximum Gasteiger partial charge on any atom is 0.232 e. The Morgan fingerprint density at radius 2 is 2.00 bits per heavy atom. The highest BCUT2D eigenvalue weighted by Gasteiger charge is 2.21. The lowest BCUT2D eigenvalue weighted by molar-refractivity contribution is -0.115. The van der Waals surface area contributed by atoms with Crippen LogP contribution in [-0.2, 0) is 30.7 Å². The number of nitrogens with one attached hydrogen (secondary N) is 1. The van der Waals surface area contributed by atoms with E-state index in [4.69, 9.17) is 0 Å². The average molecular weight is 453 g/mol. The van der Waals surface area contributed by atoms with E-state index < -0.39 is 0 Å². The quantitative estimate of drug-likeness (QED) is 0.444. The van der Waals surface area contributed by atoms with Crippen LogP contribution in [-0.4, -0.2) is 27.3 Å². The lowest BCUT2D eigenvalue weighted by atomic mass is 10.1. The molecule has 0 spiro atoms. The van der Waals surface area contributed by atoms with E-state index in [1.165, 1.54) is 10.4 Å². The molecular weight excluding hydrogens is 432 g/mol. The van der Waals surface area contributed by atoms with Gasteiger partial charge in [0.1, 0.15) is 5.01 Å². The molecule has 1 aliphatic heterocycles. The van der Waals surface area contributed by atoms with Gasteiger partial charge in [0, 0.05) is 36.3 Å². The molecule has 5 nitrogen and oxygen atoms in total. The summed E-state index contributed by atoms with van der Waals surface area (Å²) in [6.07, 6.45) is 1.19. The number of carbonyl (C=O) groups excluding carboxylic acids is 1. The van der Waals surface area contributed by atoms with Crippen molar-refractivity contribution >= 4 is 45.0 Å². The van der Waals surface area contributed by atoms with Gasteiger partial charge in [-0.05, 0) is 17.0 Å². The Morgan fingerprint density at radius 1 is 1.10 bits per heavy atom. The normalized spacial score (nSPS) is 13.9. The molecular formula is C22H20N4OS3. The largest absolute Gasteiger partial charge is 0.302 e. The Kier molecular flexibility index (Phi) is 5.72. The highest BCUT2D eigenvalue weighted by Crippen LogP contribution is 2.30. The van der Waals surface area contributed by atoms with Gasteiger partial charge in [0.05, 0.1) is 22.7 Å². The van der Waals surface area contributed by atoms with Gasteiger partial charge in [0.25, 0.3) is 0 Å². The molecule has 1 aliphatic rings. The first-order valence-electron chi connectivity index (χ1n) is 9.76. The first kappa shape index (κ1) is 19.6. The second-order valence-electron chi connectivity index (χ2n) is 7.18. The van der Waals surface area contributed by atoms with Crippen molar-refractivity contribution in [3.05, 3.63) is 75.1 Å². The zero-order valence-corrected chi connectivity index (χ0v) is 18.7. The molecule has 0 saturated carbocycles. The highest BCUT2D eigenvalue weighted by atomic mass is 32.1. The number of fused-ring (bicyclic) bond motifs is 1. The number of anilines is 1. The van der Waals surface area contributed by atoms with Crippen LogP contribution in [0.15, 0.2) is 53.2 Å². The van der Waals surface area contributed by atoms with Crippen LogP contribution in [0.2, 0.25) is 0 Å². The standard InChI is InChI=1S/C22H20N4OS3/c27-20(11-16-14-29-21(23-16)18-7-4-10-28-18)25-22-24-17-8-9-26(13-19(17)30-22)12-15-5-2-1-3-6-15/h1-7,10,14H,8-9,11-13H2,(H,24,25,27). The van der Waals surface area contributed by atoms with Crippen LogP contribution in [0.4, 0.5) is 5.13 Å². The molecule has 3 aromatic heterocycles. The van der Waals surface area contributed by atoms with Crippen molar-refractivity contribution in [1.82, 2.24) is 14.9 Å². The summed E-state index contributed by atoms with van der Waals surface area (Å²) in [4.78, 5) is 26.6. The maximum absolute atomic E-state index is 12.5. The molecule has 152 valence electrons. The van der Waals surface area contributed by atoms with Crippen molar-refractivity contribution in [3.8, 4) is 9.88 Å². The van der Waals surface area contributed by atoms with E-state index in [9.17, 15) is 4.79 Å². The number of rotatable bonds is 6. The number of aromatic nitrogens is 2. The van der Waals surface area contributed by atoms with Gasteiger partial charge in [-0.25, -0.2) is 9.97 Å². The van der Waals surface area contributed by atoms with Crippen molar-refractivity contribution in [2.45, 2.75) is 25.9 Å².